The molecule has 126 valence electrons. The van der Waals surface area contributed by atoms with E-state index in [4.69, 9.17) is 5.14 Å². The number of alkyl halides is 6. The predicted molar refractivity (Wildman–Crippen MR) is 56.5 cm³/mol. The molecule has 14 heteroatoms. The largest absolute Gasteiger partial charge is 0.467 e. The number of aromatic nitrogens is 2. The topological polar surface area (TPSA) is 104 Å². The van der Waals surface area contributed by atoms with Gasteiger partial charge in [-0.25, -0.2) is 23.5 Å². The molecule has 0 atom stereocenters. The zero-order valence-electron chi connectivity index (χ0n) is 10.3. The van der Waals surface area contributed by atoms with Crippen molar-refractivity contribution in [3.8, 4) is 11.8 Å². The molecule has 0 radical (unpaired) electrons. The van der Waals surface area contributed by atoms with Gasteiger partial charge in [0.1, 0.15) is 6.33 Å². The van der Waals surface area contributed by atoms with E-state index in [1.165, 1.54) is 0 Å². The number of rotatable bonds is 5. The third-order valence-corrected chi connectivity index (χ3v) is 2.69. The zero-order chi connectivity index (χ0) is 17.2. The Labute approximate surface area is 119 Å². The highest BCUT2D eigenvalue weighted by atomic mass is 32.2. The molecule has 1 aromatic rings. The lowest BCUT2D eigenvalue weighted by molar-refractivity contribution is -0.155. The Bertz CT molecular complexity index is 593. The number of nitrogens with two attached hydrogens (primary N) is 1. The summed E-state index contributed by atoms with van der Waals surface area (Å²) < 4.78 is 103. The average molecular weight is 355 g/mol. The van der Waals surface area contributed by atoms with Crippen LogP contribution in [0.5, 0.6) is 11.8 Å². The third kappa shape index (κ3) is 5.88. The third-order valence-electron chi connectivity index (χ3n) is 1.77. The van der Waals surface area contributed by atoms with Gasteiger partial charge in [-0.3, -0.25) is 0 Å². The molecular weight excluding hydrogens is 348 g/mol. The van der Waals surface area contributed by atoms with Crippen LogP contribution in [0, 0.1) is 0 Å². The molecule has 1 aromatic heterocycles. The van der Waals surface area contributed by atoms with Gasteiger partial charge in [-0.1, -0.05) is 0 Å². The van der Waals surface area contributed by atoms with Crippen molar-refractivity contribution in [1.29, 1.82) is 0 Å². The molecular formula is C8H7F6N3O4S. The second-order valence-corrected chi connectivity index (χ2v) is 5.16. The van der Waals surface area contributed by atoms with Crippen LogP contribution in [-0.4, -0.2) is 44.0 Å². The fourth-order valence-corrected chi connectivity index (χ4v) is 1.80. The van der Waals surface area contributed by atoms with Gasteiger partial charge < -0.3 is 9.47 Å². The lowest BCUT2D eigenvalue weighted by Gasteiger charge is -2.14. The van der Waals surface area contributed by atoms with Crippen LogP contribution in [0.3, 0.4) is 0 Å². The molecule has 0 saturated carbocycles. The highest BCUT2D eigenvalue weighted by Gasteiger charge is 2.34. The number of ether oxygens (including phenoxy) is 2. The van der Waals surface area contributed by atoms with Crippen LogP contribution in [0.25, 0.3) is 0 Å². The summed E-state index contributed by atoms with van der Waals surface area (Å²) in [5.74, 6) is -2.35. The van der Waals surface area contributed by atoms with Gasteiger partial charge in [0, 0.05) is 0 Å². The quantitative estimate of drug-likeness (QED) is 0.791. The van der Waals surface area contributed by atoms with E-state index in [2.05, 4.69) is 19.4 Å². The summed E-state index contributed by atoms with van der Waals surface area (Å²) in [6.07, 6.45) is -9.22. The molecule has 0 bridgehead atoms. The predicted octanol–water partition coefficient (Wildman–Crippen LogP) is 1.01. The fourth-order valence-electron chi connectivity index (χ4n) is 1.09. The first kappa shape index (κ1) is 18.2. The van der Waals surface area contributed by atoms with E-state index in [0.717, 1.165) is 0 Å². The van der Waals surface area contributed by atoms with E-state index in [1.54, 1.807) is 0 Å². The molecule has 0 spiro atoms. The van der Waals surface area contributed by atoms with E-state index in [9.17, 15) is 34.8 Å². The molecule has 0 aromatic carbocycles. The molecule has 2 N–H and O–H groups in total. The van der Waals surface area contributed by atoms with E-state index >= 15 is 0 Å². The van der Waals surface area contributed by atoms with Gasteiger partial charge in [0.05, 0.1) is 0 Å². The normalized spacial score (nSPS) is 13.0. The van der Waals surface area contributed by atoms with Crippen molar-refractivity contribution in [1.82, 2.24) is 9.97 Å². The van der Waals surface area contributed by atoms with Gasteiger partial charge in [0.25, 0.3) is 0 Å². The molecule has 0 amide bonds. The van der Waals surface area contributed by atoms with Crippen LogP contribution in [0.1, 0.15) is 0 Å². The first-order valence-corrected chi connectivity index (χ1v) is 6.61. The summed E-state index contributed by atoms with van der Waals surface area (Å²) in [4.78, 5) is 4.88. The summed E-state index contributed by atoms with van der Waals surface area (Å²) >= 11 is 0. The van der Waals surface area contributed by atoms with Crippen molar-refractivity contribution >= 4 is 10.0 Å². The minimum absolute atomic E-state index is 0.464. The van der Waals surface area contributed by atoms with Crippen LogP contribution in [0.15, 0.2) is 11.2 Å². The minimum atomic E-state index is -4.84. The molecule has 0 aliphatic carbocycles. The van der Waals surface area contributed by atoms with Crippen LogP contribution >= 0.6 is 0 Å². The van der Waals surface area contributed by atoms with Crippen molar-refractivity contribution in [3.05, 3.63) is 6.33 Å². The monoisotopic (exact) mass is 355 g/mol. The van der Waals surface area contributed by atoms with E-state index in [1.807, 2.05) is 0 Å². The highest BCUT2D eigenvalue weighted by Crippen LogP contribution is 2.30. The fraction of sp³-hybridized carbons (Fsp3) is 0.500. The Hall–Kier alpha value is -1.83. The van der Waals surface area contributed by atoms with E-state index in [0.29, 0.717) is 6.33 Å². The van der Waals surface area contributed by atoms with Crippen LogP contribution in [-0.2, 0) is 10.0 Å². The molecule has 0 aliphatic rings. The number of hydrogen-bond acceptors (Lipinski definition) is 6. The van der Waals surface area contributed by atoms with Gasteiger partial charge in [-0.2, -0.15) is 26.3 Å². The SMILES string of the molecule is NS(=O)(=O)c1c(OCC(F)(F)F)ncnc1OCC(F)(F)F. The van der Waals surface area contributed by atoms with E-state index < -0.39 is 52.2 Å². The standard InChI is InChI=1S/C8H7F6N3O4S/c9-7(10,11)1-20-5-4(22(15,18)19)6(17-3-16-5)21-2-8(12,13)14/h3H,1-2H2,(H2,15,18,19). The van der Waals surface area contributed by atoms with Gasteiger partial charge in [-0.05, 0) is 0 Å². The Balaban J connectivity index is 3.18. The average Bonchev–Trinajstić information content (AvgIpc) is 2.30. The van der Waals surface area contributed by atoms with E-state index in [-0.39, 0.29) is 0 Å². The minimum Gasteiger partial charge on any atom is -0.467 e. The van der Waals surface area contributed by atoms with Crippen molar-refractivity contribution in [3.63, 3.8) is 0 Å². The Morgan fingerprint density at radius 1 is 0.955 bits per heavy atom. The number of primary sulfonamides is 1. The second kappa shape index (κ2) is 6.12. The molecule has 0 unspecified atom stereocenters. The summed E-state index contributed by atoms with van der Waals surface area (Å²) in [7, 11) is -4.81. The Morgan fingerprint density at radius 2 is 1.32 bits per heavy atom. The van der Waals surface area contributed by atoms with Crippen LogP contribution in [0.4, 0.5) is 26.3 Å². The second-order valence-electron chi connectivity index (χ2n) is 3.67. The smallest absolute Gasteiger partial charge is 0.422 e. The van der Waals surface area contributed by atoms with Crippen molar-refractivity contribution in [2.24, 2.45) is 5.14 Å². The van der Waals surface area contributed by atoms with Crippen molar-refractivity contribution in [2.45, 2.75) is 17.2 Å². The lowest BCUT2D eigenvalue weighted by atomic mass is 10.5. The summed E-state index contributed by atoms with van der Waals surface area (Å²) in [5.41, 5.74) is 0. The summed E-state index contributed by atoms with van der Waals surface area (Å²) in [6, 6.07) is 0. The number of sulfonamides is 1. The molecule has 22 heavy (non-hydrogen) atoms. The molecule has 0 saturated heterocycles. The Morgan fingerprint density at radius 3 is 1.59 bits per heavy atom. The summed E-state index contributed by atoms with van der Waals surface area (Å²) in [6.45, 7) is -3.88. The number of hydrogen-bond donors (Lipinski definition) is 1. The molecule has 7 nitrogen and oxygen atoms in total. The van der Waals surface area contributed by atoms with Gasteiger partial charge in [0.15, 0.2) is 13.2 Å². The first-order valence-electron chi connectivity index (χ1n) is 5.06. The van der Waals surface area contributed by atoms with Gasteiger partial charge in [-0.15, -0.1) is 0 Å². The maximum Gasteiger partial charge on any atom is 0.422 e. The van der Waals surface area contributed by atoms with Crippen LogP contribution < -0.4 is 14.6 Å². The molecule has 0 aliphatic heterocycles. The number of nitrogens with zero attached hydrogens (tertiary/aromatic N) is 2. The van der Waals surface area contributed by atoms with Gasteiger partial charge in [0.2, 0.25) is 26.7 Å². The van der Waals surface area contributed by atoms with Crippen molar-refractivity contribution < 1.29 is 44.2 Å². The highest BCUT2D eigenvalue weighted by molar-refractivity contribution is 7.89. The summed E-state index contributed by atoms with van der Waals surface area (Å²) in [5, 5.41) is 4.71. The Kier molecular flexibility index (Phi) is 5.06. The number of halogens is 6. The first-order chi connectivity index (χ1) is 9.80. The molecule has 0 fully saturated rings. The zero-order valence-corrected chi connectivity index (χ0v) is 11.1. The van der Waals surface area contributed by atoms with Crippen LogP contribution in [0.2, 0.25) is 0 Å². The molecule has 1 rings (SSSR count). The maximum atomic E-state index is 12.0. The van der Waals surface area contributed by atoms with Gasteiger partial charge >= 0.3 is 12.4 Å². The lowest BCUT2D eigenvalue weighted by Crippen LogP contribution is -2.24. The molecule has 1 heterocycles. The maximum absolute atomic E-state index is 12.0. The van der Waals surface area contributed by atoms with Crippen molar-refractivity contribution in [2.75, 3.05) is 13.2 Å².